The van der Waals surface area contributed by atoms with Crippen LogP contribution in [-0.2, 0) is 4.74 Å². The SMILES string of the molecule is COC(C1C(C(F)(F)F)=NN(c2cccnc2)C1O)C(F)(F)F. The number of aliphatic hydroxyl groups is 1. The highest BCUT2D eigenvalue weighted by atomic mass is 19.4. The zero-order chi connectivity index (χ0) is 17.4. The van der Waals surface area contributed by atoms with Crippen LogP contribution in [0.3, 0.4) is 0 Å². The molecular weight excluding hydrogens is 332 g/mol. The minimum absolute atomic E-state index is 0.0822. The molecule has 0 amide bonds. The number of alkyl halides is 6. The molecule has 0 fully saturated rings. The Labute approximate surface area is 126 Å². The molecule has 0 aliphatic carbocycles. The first-order chi connectivity index (χ1) is 10.6. The topological polar surface area (TPSA) is 58.0 Å². The van der Waals surface area contributed by atoms with Gasteiger partial charge in [0.2, 0.25) is 0 Å². The summed E-state index contributed by atoms with van der Waals surface area (Å²) in [6.07, 6.45) is -13.0. The second-order valence-electron chi connectivity index (χ2n) is 4.68. The van der Waals surface area contributed by atoms with Crippen LogP contribution >= 0.6 is 0 Å². The van der Waals surface area contributed by atoms with Crippen molar-refractivity contribution in [3.63, 3.8) is 0 Å². The summed E-state index contributed by atoms with van der Waals surface area (Å²) in [7, 11) is 0.617. The predicted molar refractivity (Wildman–Crippen MR) is 66.6 cm³/mol. The van der Waals surface area contributed by atoms with E-state index in [1.807, 2.05) is 0 Å². The van der Waals surface area contributed by atoms with Crippen LogP contribution < -0.4 is 5.01 Å². The van der Waals surface area contributed by atoms with Crippen LogP contribution in [-0.4, -0.2) is 47.6 Å². The molecule has 0 bridgehead atoms. The molecule has 3 atom stereocenters. The van der Waals surface area contributed by atoms with Crippen molar-refractivity contribution in [3.8, 4) is 0 Å². The van der Waals surface area contributed by atoms with Gasteiger partial charge in [0.15, 0.2) is 18.0 Å². The number of hydrogen-bond donors (Lipinski definition) is 1. The number of methoxy groups -OCH3 is 1. The van der Waals surface area contributed by atoms with E-state index in [-0.39, 0.29) is 5.69 Å². The summed E-state index contributed by atoms with van der Waals surface area (Å²) in [6, 6.07) is 2.60. The number of pyridine rings is 1. The van der Waals surface area contributed by atoms with Crippen molar-refractivity contribution in [3.05, 3.63) is 24.5 Å². The Morgan fingerprint density at radius 3 is 2.35 bits per heavy atom. The third-order valence-corrected chi connectivity index (χ3v) is 3.21. The van der Waals surface area contributed by atoms with Gasteiger partial charge in [-0.1, -0.05) is 0 Å². The lowest BCUT2D eigenvalue weighted by Gasteiger charge is -2.30. The fourth-order valence-corrected chi connectivity index (χ4v) is 2.26. The van der Waals surface area contributed by atoms with Crippen LogP contribution in [0, 0.1) is 5.92 Å². The lowest BCUT2D eigenvalue weighted by atomic mass is 9.94. The number of nitrogens with zero attached hydrogens (tertiary/aromatic N) is 3. The van der Waals surface area contributed by atoms with E-state index in [0.717, 1.165) is 6.20 Å². The Kier molecular flexibility index (Phi) is 4.53. The maximum atomic E-state index is 13.1. The van der Waals surface area contributed by atoms with Crippen molar-refractivity contribution in [2.45, 2.75) is 24.7 Å². The highest BCUT2D eigenvalue weighted by Gasteiger charge is 2.59. The average molecular weight is 343 g/mol. The van der Waals surface area contributed by atoms with Gasteiger partial charge in [0.1, 0.15) is 0 Å². The molecule has 1 aliphatic rings. The standard InChI is InChI=1S/C12H11F6N3O2/c1-23-9(12(16,17)18)7-8(11(13,14)15)20-21(10(7)22)6-3-2-4-19-5-6/h2-5,7,9-10,22H,1H3. The minimum Gasteiger partial charge on any atom is -0.371 e. The number of hydrogen-bond acceptors (Lipinski definition) is 5. The molecule has 5 nitrogen and oxygen atoms in total. The fourth-order valence-electron chi connectivity index (χ4n) is 2.26. The van der Waals surface area contributed by atoms with Gasteiger partial charge in [0.05, 0.1) is 17.8 Å². The monoisotopic (exact) mass is 343 g/mol. The van der Waals surface area contributed by atoms with Crippen LogP contribution in [0.1, 0.15) is 0 Å². The molecule has 1 N–H and O–H groups in total. The lowest BCUT2D eigenvalue weighted by molar-refractivity contribution is -0.229. The summed E-state index contributed by atoms with van der Waals surface area (Å²) in [5.74, 6) is -2.44. The predicted octanol–water partition coefficient (Wildman–Crippen LogP) is 2.33. The highest BCUT2D eigenvalue weighted by Crippen LogP contribution is 2.40. The summed E-state index contributed by atoms with van der Waals surface area (Å²) < 4.78 is 82.2. The molecule has 1 aliphatic heterocycles. The van der Waals surface area contributed by atoms with E-state index in [1.165, 1.54) is 18.3 Å². The van der Waals surface area contributed by atoms with E-state index >= 15 is 0 Å². The molecule has 3 unspecified atom stereocenters. The van der Waals surface area contributed by atoms with Gasteiger partial charge in [-0.15, -0.1) is 0 Å². The number of ether oxygens (including phenoxy) is 1. The molecule has 23 heavy (non-hydrogen) atoms. The number of hydrazone groups is 1. The average Bonchev–Trinajstić information content (AvgIpc) is 2.77. The van der Waals surface area contributed by atoms with E-state index in [1.54, 1.807) is 0 Å². The molecule has 0 aromatic carbocycles. The molecule has 11 heteroatoms. The van der Waals surface area contributed by atoms with Gasteiger partial charge in [-0.2, -0.15) is 31.4 Å². The molecule has 2 rings (SSSR count). The van der Waals surface area contributed by atoms with Crippen LogP contribution in [0.2, 0.25) is 0 Å². The Hall–Kier alpha value is -1.88. The van der Waals surface area contributed by atoms with Crippen LogP contribution in [0.4, 0.5) is 32.0 Å². The maximum absolute atomic E-state index is 13.1. The van der Waals surface area contributed by atoms with Crippen LogP contribution in [0.15, 0.2) is 29.6 Å². The number of rotatable bonds is 3. The van der Waals surface area contributed by atoms with E-state index < -0.39 is 36.3 Å². The Balaban J connectivity index is 2.48. The Morgan fingerprint density at radius 2 is 1.91 bits per heavy atom. The zero-order valence-electron chi connectivity index (χ0n) is 11.5. The smallest absolute Gasteiger partial charge is 0.371 e. The first-order valence-electron chi connectivity index (χ1n) is 6.20. The second-order valence-corrected chi connectivity index (χ2v) is 4.68. The summed E-state index contributed by atoms with van der Waals surface area (Å²) in [4.78, 5) is 3.63. The molecule has 0 saturated carbocycles. The molecular formula is C12H11F6N3O2. The van der Waals surface area contributed by atoms with E-state index in [4.69, 9.17) is 0 Å². The van der Waals surface area contributed by atoms with E-state index in [9.17, 15) is 31.4 Å². The largest absolute Gasteiger partial charge is 0.431 e. The van der Waals surface area contributed by atoms with E-state index in [2.05, 4.69) is 14.8 Å². The molecule has 0 saturated heterocycles. The second kappa shape index (κ2) is 5.96. The van der Waals surface area contributed by atoms with Crippen molar-refractivity contribution in [1.29, 1.82) is 0 Å². The van der Waals surface area contributed by atoms with Gasteiger partial charge < -0.3 is 9.84 Å². The molecule has 0 radical (unpaired) electrons. The first kappa shape index (κ1) is 17.5. The van der Waals surface area contributed by atoms with E-state index in [0.29, 0.717) is 12.1 Å². The Morgan fingerprint density at radius 1 is 1.26 bits per heavy atom. The van der Waals surface area contributed by atoms with Gasteiger partial charge in [0, 0.05) is 13.3 Å². The maximum Gasteiger partial charge on any atom is 0.431 e. The number of anilines is 1. The minimum atomic E-state index is -5.16. The lowest BCUT2D eigenvalue weighted by Crippen LogP contribution is -2.50. The van der Waals surface area contributed by atoms with Crippen molar-refractivity contribution in [2.75, 3.05) is 12.1 Å². The summed E-state index contributed by atoms with van der Waals surface area (Å²) in [5, 5.41) is 13.6. The van der Waals surface area contributed by atoms with Crippen molar-refractivity contribution in [2.24, 2.45) is 11.0 Å². The summed E-state index contributed by atoms with van der Waals surface area (Å²) in [6.45, 7) is 0. The van der Waals surface area contributed by atoms with Gasteiger partial charge in [-0.3, -0.25) is 4.98 Å². The number of halogens is 6. The number of aromatic nitrogens is 1. The van der Waals surface area contributed by atoms with Crippen molar-refractivity contribution in [1.82, 2.24) is 4.98 Å². The van der Waals surface area contributed by atoms with Gasteiger partial charge >= 0.3 is 12.4 Å². The van der Waals surface area contributed by atoms with Gasteiger partial charge in [-0.05, 0) is 12.1 Å². The van der Waals surface area contributed by atoms with Gasteiger partial charge in [-0.25, -0.2) is 5.01 Å². The molecule has 0 spiro atoms. The van der Waals surface area contributed by atoms with Crippen LogP contribution in [0.5, 0.6) is 0 Å². The van der Waals surface area contributed by atoms with Crippen molar-refractivity contribution < 1.29 is 36.2 Å². The molecule has 1 aromatic heterocycles. The van der Waals surface area contributed by atoms with Crippen LogP contribution in [0.25, 0.3) is 0 Å². The first-order valence-corrected chi connectivity index (χ1v) is 6.20. The third kappa shape index (κ3) is 3.39. The quantitative estimate of drug-likeness (QED) is 0.856. The molecule has 1 aromatic rings. The van der Waals surface area contributed by atoms with Gasteiger partial charge in [0.25, 0.3) is 0 Å². The Bertz CT molecular complexity index is 574. The summed E-state index contributed by atoms with van der Waals surface area (Å²) >= 11 is 0. The molecule has 2 heterocycles. The zero-order valence-corrected chi connectivity index (χ0v) is 11.5. The number of aliphatic hydroxyl groups excluding tert-OH is 1. The highest BCUT2D eigenvalue weighted by molar-refractivity contribution is 5.95. The van der Waals surface area contributed by atoms with Crippen molar-refractivity contribution >= 4 is 11.4 Å². The normalized spacial score (nSPS) is 23.8. The third-order valence-electron chi connectivity index (χ3n) is 3.21. The summed E-state index contributed by atoms with van der Waals surface area (Å²) in [5.41, 5.74) is -1.85. The fraction of sp³-hybridized carbons (Fsp3) is 0.500. The molecule has 128 valence electrons.